The third-order valence-corrected chi connectivity index (χ3v) is 8.24. The quantitative estimate of drug-likeness (QED) is 0.175. The number of hydrogen-bond donors (Lipinski definition) is 0. The molecule has 43 heavy (non-hydrogen) atoms. The molecule has 4 aromatic rings. The van der Waals surface area contributed by atoms with E-state index in [-0.39, 0.29) is 35.9 Å². The van der Waals surface area contributed by atoms with Crippen LogP contribution in [-0.2, 0) is 21.8 Å². The van der Waals surface area contributed by atoms with Crippen molar-refractivity contribution in [2.24, 2.45) is 0 Å². The van der Waals surface area contributed by atoms with E-state index in [2.05, 4.69) is 38.9 Å². The largest absolute Gasteiger partial charge is 0.491 e. The standard InChI is InChI=1S/C30H30Cl2N6O5/c1-21-15-35(23-3-5-25(6-4-23)38(39)40)12-13-37(21)24-7-9-26(10-8-24)41-16-27-17-42-30(43-27,18-36-20-33-19-34-36)28-11-2-22(31)14-29(28)32/h2-11,14,19-21,27H,12-13,15-18H2,1H3. The summed E-state index contributed by atoms with van der Waals surface area (Å²) in [5.41, 5.74) is 2.85. The monoisotopic (exact) mass is 624 g/mol. The predicted molar refractivity (Wildman–Crippen MR) is 163 cm³/mol. The summed E-state index contributed by atoms with van der Waals surface area (Å²) < 4.78 is 20.4. The summed E-state index contributed by atoms with van der Waals surface area (Å²) in [4.78, 5) is 19.2. The lowest BCUT2D eigenvalue weighted by Gasteiger charge is -2.42. The van der Waals surface area contributed by atoms with Crippen molar-refractivity contribution < 1.29 is 19.1 Å². The van der Waals surface area contributed by atoms with Crippen LogP contribution in [0.25, 0.3) is 0 Å². The van der Waals surface area contributed by atoms with Gasteiger partial charge in [0.15, 0.2) is 0 Å². The van der Waals surface area contributed by atoms with Gasteiger partial charge < -0.3 is 24.0 Å². The Morgan fingerprint density at radius 1 is 1.07 bits per heavy atom. The van der Waals surface area contributed by atoms with Gasteiger partial charge in [-0.3, -0.25) is 10.1 Å². The van der Waals surface area contributed by atoms with Crippen LogP contribution in [0.15, 0.2) is 79.4 Å². The first-order valence-electron chi connectivity index (χ1n) is 13.9. The number of anilines is 2. The lowest BCUT2D eigenvalue weighted by Crippen LogP contribution is -2.52. The number of nitrogens with zero attached hydrogens (tertiary/aromatic N) is 6. The normalized spacial score (nSPS) is 22.1. The fraction of sp³-hybridized carbons (Fsp3) is 0.333. The Labute approximate surface area is 258 Å². The predicted octanol–water partition coefficient (Wildman–Crippen LogP) is 5.56. The van der Waals surface area contributed by atoms with Gasteiger partial charge in [-0.05, 0) is 55.5 Å². The van der Waals surface area contributed by atoms with Gasteiger partial charge in [-0.25, -0.2) is 9.67 Å². The van der Waals surface area contributed by atoms with Crippen LogP contribution in [0.2, 0.25) is 10.0 Å². The minimum atomic E-state index is -1.17. The second-order valence-electron chi connectivity index (χ2n) is 10.6. The van der Waals surface area contributed by atoms with Crippen LogP contribution in [0.5, 0.6) is 5.75 Å². The third kappa shape index (κ3) is 6.40. The Bertz CT molecular complexity index is 1560. The Kier molecular flexibility index (Phi) is 8.40. The SMILES string of the molecule is CC1CN(c2ccc([N+](=O)[O-])cc2)CCN1c1ccc(OCC2COC(Cn3cncn3)(c3ccc(Cl)cc3Cl)O2)cc1. The van der Waals surface area contributed by atoms with E-state index in [1.54, 1.807) is 41.3 Å². The van der Waals surface area contributed by atoms with Gasteiger partial charge in [0.1, 0.15) is 37.7 Å². The topological polar surface area (TPSA) is 108 Å². The van der Waals surface area contributed by atoms with Gasteiger partial charge in [-0.1, -0.05) is 29.3 Å². The van der Waals surface area contributed by atoms with Crippen molar-refractivity contribution in [2.45, 2.75) is 31.4 Å². The molecule has 0 aliphatic carbocycles. The number of benzene rings is 3. The Balaban J connectivity index is 1.06. The second kappa shape index (κ2) is 12.4. The maximum atomic E-state index is 11.0. The minimum absolute atomic E-state index is 0.0989. The second-order valence-corrected chi connectivity index (χ2v) is 11.4. The zero-order valence-electron chi connectivity index (χ0n) is 23.4. The molecular weight excluding hydrogens is 595 g/mol. The smallest absolute Gasteiger partial charge is 0.269 e. The van der Waals surface area contributed by atoms with Gasteiger partial charge in [0, 0.05) is 59.8 Å². The van der Waals surface area contributed by atoms with Crippen molar-refractivity contribution in [3.63, 3.8) is 0 Å². The van der Waals surface area contributed by atoms with E-state index in [0.717, 1.165) is 36.8 Å². The Morgan fingerprint density at radius 3 is 2.51 bits per heavy atom. The zero-order chi connectivity index (χ0) is 30.0. The van der Waals surface area contributed by atoms with E-state index in [9.17, 15) is 10.1 Å². The summed E-state index contributed by atoms with van der Waals surface area (Å²) in [6, 6.07) is 20.2. The molecule has 0 saturated carbocycles. The number of nitro groups is 1. The molecule has 224 valence electrons. The molecule has 6 rings (SSSR count). The number of aromatic nitrogens is 3. The van der Waals surface area contributed by atoms with Gasteiger partial charge in [0.25, 0.3) is 5.69 Å². The van der Waals surface area contributed by atoms with Crippen molar-refractivity contribution in [2.75, 3.05) is 42.6 Å². The molecule has 2 aliphatic heterocycles. The molecule has 3 unspecified atom stereocenters. The maximum Gasteiger partial charge on any atom is 0.269 e. The zero-order valence-corrected chi connectivity index (χ0v) is 24.9. The van der Waals surface area contributed by atoms with Crippen molar-refractivity contribution >= 4 is 40.3 Å². The van der Waals surface area contributed by atoms with E-state index in [4.69, 9.17) is 37.4 Å². The highest BCUT2D eigenvalue weighted by Gasteiger charge is 2.45. The molecule has 3 atom stereocenters. The lowest BCUT2D eigenvalue weighted by molar-refractivity contribution is -0.384. The van der Waals surface area contributed by atoms with E-state index in [1.807, 2.05) is 24.3 Å². The molecule has 0 bridgehead atoms. The molecule has 11 nitrogen and oxygen atoms in total. The third-order valence-electron chi connectivity index (χ3n) is 7.70. The molecule has 3 aromatic carbocycles. The highest BCUT2D eigenvalue weighted by Crippen LogP contribution is 2.40. The summed E-state index contributed by atoms with van der Waals surface area (Å²) in [6.07, 6.45) is 2.71. The molecule has 0 spiro atoms. The highest BCUT2D eigenvalue weighted by molar-refractivity contribution is 6.35. The van der Waals surface area contributed by atoms with Crippen molar-refractivity contribution in [1.82, 2.24) is 14.8 Å². The number of rotatable bonds is 9. The number of nitro benzene ring substituents is 1. The molecule has 0 N–H and O–H groups in total. The van der Waals surface area contributed by atoms with Crippen molar-refractivity contribution in [1.29, 1.82) is 0 Å². The van der Waals surface area contributed by atoms with Gasteiger partial charge in [0.05, 0.1) is 16.6 Å². The first-order valence-corrected chi connectivity index (χ1v) is 14.6. The van der Waals surface area contributed by atoms with Crippen LogP contribution in [0.1, 0.15) is 12.5 Å². The molecule has 0 radical (unpaired) electrons. The van der Waals surface area contributed by atoms with Crippen molar-refractivity contribution in [3.05, 3.63) is 105 Å². The van der Waals surface area contributed by atoms with Gasteiger partial charge in [-0.15, -0.1) is 0 Å². The summed E-state index contributed by atoms with van der Waals surface area (Å²) in [5.74, 6) is -0.442. The van der Waals surface area contributed by atoms with E-state index in [0.29, 0.717) is 22.2 Å². The van der Waals surface area contributed by atoms with Crippen LogP contribution in [0.3, 0.4) is 0 Å². The van der Waals surface area contributed by atoms with Gasteiger partial charge in [-0.2, -0.15) is 5.10 Å². The number of piperazine rings is 1. The summed E-state index contributed by atoms with van der Waals surface area (Å²) >= 11 is 12.7. The number of halogens is 2. The first-order chi connectivity index (χ1) is 20.8. The fourth-order valence-corrected chi connectivity index (χ4v) is 6.12. The maximum absolute atomic E-state index is 11.0. The molecule has 2 aliphatic rings. The van der Waals surface area contributed by atoms with Gasteiger partial charge in [0.2, 0.25) is 5.79 Å². The fourth-order valence-electron chi connectivity index (χ4n) is 5.57. The van der Waals surface area contributed by atoms with Crippen LogP contribution < -0.4 is 14.5 Å². The summed E-state index contributed by atoms with van der Waals surface area (Å²) in [7, 11) is 0. The summed E-state index contributed by atoms with van der Waals surface area (Å²) in [5, 5.41) is 16.1. The van der Waals surface area contributed by atoms with Crippen LogP contribution in [-0.4, -0.2) is 64.7 Å². The number of non-ortho nitro benzene ring substituents is 1. The average Bonchev–Trinajstić information content (AvgIpc) is 3.67. The molecular formula is C30H30Cl2N6O5. The number of hydrogen-bond acceptors (Lipinski definition) is 9. The molecule has 2 saturated heterocycles. The average molecular weight is 626 g/mol. The number of ether oxygens (including phenoxy) is 3. The van der Waals surface area contributed by atoms with Crippen LogP contribution >= 0.6 is 23.2 Å². The lowest BCUT2D eigenvalue weighted by atomic mass is 10.1. The van der Waals surface area contributed by atoms with Gasteiger partial charge >= 0.3 is 0 Å². The molecule has 3 heterocycles. The van der Waals surface area contributed by atoms with Crippen LogP contribution in [0, 0.1) is 10.1 Å². The molecule has 0 amide bonds. The molecule has 1 aromatic heterocycles. The van der Waals surface area contributed by atoms with E-state index < -0.39 is 5.79 Å². The summed E-state index contributed by atoms with van der Waals surface area (Å²) in [6.45, 7) is 5.48. The Morgan fingerprint density at radius 2 is 1.84 bits per heavy atom. The van der Waals surface area contributed by atoms with E-state index in [1.165, 1.54) is 6.33 Å². The van der Waals surface area contributed by atoms with Crippen molar-refractivity contribution in [3.8, 4) is 5.75 Å². The highest BCUT2D eigenvalue weighted by atomic mass is 35.5. The van der Waals surface area contributed by atoms with Crippen LogP contribution in [0.4, 0.5) is 17.1 Å². The first kappa shape index (κ1) is 29.2. The minimum Gasteiger partial charge on any atom is -0.491 e. The van der Waals surface area contributed by atoms with E-state index >= 15 is 0 Å². The Hall–Kier alpha value is -3.90. The molecule has 2 fully saturated rings. The molecule has 13 heteroatoms.